The number of nitrogens with two attached hydrogens (primary N) is 2. The van der Waals surface area contributed by atoms with Crippen LogP contribution >= 0.6 is 0 Å². The van der Waals surface area contributed by atoms with E-state index in [1.807, 2.05) is 0 Å². The molecule has 1 rings (SSSR count). The standard InChI is InChI=1S/C14H22N2O8/c15-23-11(21)7-13(5-9(17)18)3-1-2-4-14(13,6-10(19)20)8-12(22)24-16/h1-8,15-16H2,(H,17,18)(H,19,20)/t13-,14+. The van der Waals surface area contributed by atoms with Gasteiger partial charge in [-0.05, 0) is 23.7 Å². The van der Waals surface area contributed by atoms with E-state index in [2.05, 4.69) is 9.68 Å². The van der Waals surface area contributed by atoms with E-state index < -0.39 is 60.4 Å². The molecule has 0 spiro atoms. The van der Waals surface area contributed by atoms with E-state index in [-0.39, 0.29) is 12.8 Å². The van der Waals surface area contributed by atoms with Crippen LogP contribution in [-0.2, 0) is 28.9 Å². The highest BCUT2D eigenvalue weighted by molar-refractivity contribution is 5.77. The maximum atomic E-state index is 11.8. The van der Waals surface area contributed by atoms with E-state index in [1.165, 1.54) is 0 Å². The number of carbonyl (C=O) groups is 4. The van der Waals surface area contributed by atoms with Crippen LogP contribution in [0.25, 0.3) is 0 Å². The lowest BCUT2D eigenvalue weighted by atomic mass is 9.50. The van der Waals surface area contributed by atoms with Gasteiger partial charge < -0.3 is 19.9 Å². The van der Waals surface area contributed by atoms with E-state index in [0.29, 0.717) is 12.8 Å². The number of carboxylic acid groups (broad SMARTS) is 2. The van der Waals surface area contributed by atoms with Crippen molar-refractivity contribution >= 4 is 23.9 Å². The first kappa shape index (κ1) is 19.8. The number of hydrogen-bond acceptors (Lipinski definition) is 8. The molecule has 2 atom stereocenters. The van der Waals surface area contributed by atoms with Crippen LogP contribution < -0.4 is 11.8 Å². The Morgan fingerprint density at radius 3 is 1.33 bits per heavy atom. The van der Waals surface area contributed by atoms with Gasteiger partial charge in [0.1, 0.15) is 0 Å². The van der Waals surface area contributed by atoms with E-state index in [1.54, 1.807) is 0 Å². The zero-order chi connectivity index (χ0) is 18.4. The van der Waals surface area contributed by atoms with Crippen LogP contribution in [0, 0.1) is 10.8 Å². The first-order valence-electron chi connectivity index (χ1n) is 7.43. The van der Waals surface area contributed by atoms with Crippen molar-refractivity contribution < 1.29 is 39.1 Å². The van der Waals surface area contributed by atoms with Crippen LogP contribution in [0.2, 0.25) is 0 Å². The molecule has 0 aliphatic heterocycles. The van der Waals surface area contributed by atoms with Crippen LogP contribution in [0.3, 0.4) is 0 Å². The molecular formula is C14H22N2O8. The highest BCUT2D eigenvalue weighted by atomic mass is 16.7. The number of hydrogen-bond donors (Lipinski definition) is 4. The first-order valence-corrected chi connectivity index (χ1v) is 7.43. The molecule has 0 heterocycles. The Balaban J connectivity index is 3.41. The van der Waals surface area contributed by atoms with Gasteiger partial charge in [0.2, 0.25) is 0 Å². The summed E-state index contributed by atoms with van der Waals surface area (Å²) in [5.74, 6) is 5.59. The second-order valence-corrected chi connectivity index (χ2v) is 6.24. The van der Waals surface area contributed by atoms with Gasteiger partial charge in [0.25, 0.3) is 0 Å². The number of aliphatic carboxylic acids is 2. The van der Waals surface area contributed by atoms with E-state index in [9.17, 15) is 29.4 Å². The third kappa shape index (κ3) is 4.42. The third-order valence-electron chi connectivity index (χ3n) is 4.89. The predicted molar refractivity (Wildman–Crippen MR) is 77.6 cm³/mol. The molecule has 10 heteroatoms. The highest BCUT2D eigenvalue weighted by Gasteiger charge is 2.56. The summed E-state index contributed by atoms with van der Waals surface area (Å²) in [5, 5.41) is 18.6. The molecule has 136 valence electrons. The maximum absolute atomic E-state index is 11.8. The lowest BCUT2D eigenvalue weighted by Gasteiger charge is -2.52. The van der Waals surface area contributed by atoms with Crippen molar-refractivity contribution in [3.8, 4) is 0 Å². The molecule has 1 aliphatic carbocycles. The number of carboxylic acids is 2. The van der Waals surface area contributed by atoms with Crippen molar-refractivity contribution in [1.82, 2.24) is 0 Å². The zero-order valence-corrected chi connectivity index (χ0v) is 13.2. The van der Waals surface area contributed by atoms with Crippen molar-refractivity contribution in [2.75, 3.05) is 0 Å². The fraction of sp³-hybridized carbons (Fsp3) is 0.714. The van der Waals surface area contributed by atoms with Gasteiger partial charge in [-0.3, -0.25) is 19.2 Å². The minimum Gasteiger partial charge on any atom is -0.481 e. The Morgan fingerprint density at radius 2 is 1.08 bits per heavy atom. The van der Waals surface area contributed by atoms with Crippen LogP contribution in [-0.4, -0.2) is 34.1 Å². The smallest absolute Gasteiger partial charge is 0.325 e. The molecule has 6 N–H and O–H groups in total. The van der Waals surface area contributed by atoms with Gasteiger partial charge >= 0.3 is 23.9 Å². The van der Waals surface area contributed by atoms with Gasteiger partial charge in [-0.2, -0.15) is 11.8 Å². The van der Waals surface area contributed by atoms with Crippen LogP contribution in [0.5, 0.6) is 0 Å². The van der Waals surface area contributed by atoms with E-state index in [0.717, 1.165) is 0 Å². The molecular weight excluding hydrogens is 324 g/mol. The highest BCUT2D eigenvalue weighted by Crippen LogP contribution is 2.59. The summed E-state index contributed by atoms with van der Waals surface area (Å²) >= 11 is 0. The summed E-state index contributed by atoms with van der Waals surface area (Å²) in [6, 6.07) is 0. The Bertz CT molecular complexity index is 477. The zero-order valence-electron chi connectivity index (χ0n) is 13.2. The maximum Gasteiger partial charge on any atom is 0.325 e. The summed E-state index contributed by atoms with van der Waals surface area (Å²) in [6.07, 6.45) is -0.115. The molecule has 1 saturated carbocycles. The van der Waals surface area contributed by atoms with Crippen molar-refractivity contribution in [3.63, 3.8) is 0 Å². The lowest BCUT2D eigenvalue weighted by Crippen LogP contribution is -2.50. The van der Waals surface area contributed by atoms with Gasteiger partial charge in [0, 0.05) is 0 Å². The summed E-state index contributed by atoms with van der Waals surface area (Å²) in [6.45, 7) is 0. The molecule has 10 nitrogen and oxygen atoms in total. The molecule has 1 aliphatic rings. The molecule has 0 aromatic carbocycles. The predicted octanol–water partition coefficient (Wildman–Crippen LogP) is 0.0966. The molecule has 24 heavy (non-hydrogen) atoms. The Hall–Kier alpha value is -2.20. The average molecular weight is 346 g/mol. The molecule has 0 aromatic heterocycles. The molecule has 0 bridgehead atoms. The first-order chi connectivity index (χ1) is 11.2. The molecule has 0 radical (unpaired) electrons. The van der Waals surface area contributed by atoms with Crippen molar-refractivity contribution in [1.29, 1.82) is 0 Å². The molecule has 0 saturated heterocycles. The van der Waals surface area contributed by atoms with Gasteiger partial charge in [-0.15, -0.1) is 0 Å². The number of rotatable bonds is 8. The van der Waals surface area contributed by atoms with E-state index >= 15 is 0 Å². The van der Waals surface area contributed by atoms with Gasteiger partial charge in [0.15, 0.2) is 0 Å². The molecule has 1 fully saturated rings. The van der Waals surface area contributed by atoms with E-state index in [4.69, 9.17) is 11.8 Å². The lowest BCUT2D eigenvalue weighted by molar-refractivity contribution is -0.170. The molecule has 0 amide bonds. The summed E-state index contributed by atoms with van der Waals surface area (Å²) in [7, 11) is 0. The SMILES string of the molecule is NOC(=O)C[C@@]1(CC(=O)O)CCCC[C@@]1(CC(=O)O)CC(=O)ON. The quantitative estimate of drug-likeness (QED) is 0.440. The summed E-state index contributed by atoms with van der Waals surface area (Å²) in [4.78, 5) is 54.7. The fourth-order valence-corrected chi connectivity index (χ4v) is 3.90. The Labute approximate surface area is 138 Å². The van der Waals surface area contributed by atoms with Crippen LogP contribution in [0.15, 0.2) is 0 Å². The van der Waals surface area contributed by atoms with Crippen molar-refractivity contribution in [2.45, 2.75) is 51.4 Å². The van der Waals surface area contributed by atoms with Gasteiger partial charge in [0.05, 0.1) is 25.7 Å². The van der Waals surface area contributed by atoms with Crippen molar-refractivity contribution in [3.05, 3.63) is 0 Å². The average Bonchev–Trinajstić information content (AvgIpc) is 2.48. The Morgan fingerprint density at radius 1 is 0.750 bits per heavy atom. The monoisotopic (exact) mass is 346 g/mol. The Kier molecular flexibility index (Phi) is 6.67. The van der Waals surface area contributed by atoms with Crippen LogP contribution in [0.4, 0.5) is 0 Å². The fourth-order valence-electron chi connectivity index (χ4n) is 3.90. The summed E-state index contributed by atoms with van der Waals surface area (Å²) in [5.41, 5.74) is -2.58. The van der Waals surface area contributed by atoms with Crippen molar-refractivity contribution in [2.24, 2.45) is 22.6 Å². The molecule has 0 unspecified atom stereocenters. The van der Waals surface area contributed by atoms with Gasteiger partial charge in [-0.1, -0.05) is 12.8 Å². The topological polar surface area (TPSA) is 179 Å². The minimum absolute atomic E-state index is 0.250. The largest absolute Gasteiger partial charge is 0.481 e. The normalized spacial score (nSPS) is 26.4. The molecule has 0 aromatic rings. The summed E-state index contributed by atoms with van der Waals surface area (Å²) < 4.78 is 0. The number of carbonyl (C=O) groups excluding carboxylic acids is 2. The second-order valence-electron chi connectivity index (χ2n) is 6.24. The minimum atomic E-state index is -1.29. The van der Waals surface area contributed by atoms with Crippen LogP contribution in [0.1, 0.15) is 51.4 Å². The second kappa shape index (κ2) is 8.06. The third-order valence-corrected chi connectivity index (χ3v) is 4.89. The van der Waals surface area contributed by atoms with Gasteiger partial charge in [-0.25, -0.2) is 0 Å².